The Morgan fingerprint density at radius 1 is 1.53 bits per heavy atom. The van der Waals surface area contributed by atoms with E-state index in [1.807, 2.05) is 19.2 Å². The number of carbonyl (C=O) groups is 1. The van der Waals surface area contributed by atoms with E-state index in [1.54, 1.807) is 23.5 Å². The second-order valence-electron chi connectivity index (χ2n) is 3.55. The third kappa shape index (κ3) is 3.25. The molecule has 0 unspecified atom stereocenters. The lowest BCUT2D eigenvalue weighted by Gasteiger charge is -1.94. The molecule has 2 heterocycles. The summed E-state index contributed by atoms with van der Waals surface area (Å²) in [5.74, 6) is 0.300. The minimum Gasteiger partial charge on any atom is -0.306 e. The molecular weight excluding hydrogens is 236 g/mol. The predicted octanol–water partition coefficient (Wildman–Crippen LogP) is 2.13. The molecule has 17 heavy (non-hydrogen) atoms. The topological polar surface area (TPSA) is 70.7 Å². The van der Waals surface area contributed by atoms with Crippen LogP contribution < -0.4 is 5.32 Å². The van der Waals surface area contributed by atoms with Crippen molar-refractivity contribution in [2.75, 3.05) is 5.32 Å². The Morgan fingerprint density at radius 3 is 2.94 bits per heavy atom. The molecule has 1 amide bonds. The van der Waals surface area contributed by atoms with Crippen LogP contribution in [0.2, 0.25) is 0 Å². The van der Waals surface area contributed by atoms with E-state index in [0.717, 1.165) is 16.4 Å². The summed E-state index contributed by atoms with van der Waals surface area (Å²) < 4.78 is 0. The van der Waals surface area contributed by atoms with Crippen LogP contribution in [0.15, 0.2) is 17.5 Å². The first-order chi connectivity index (χ1) is 8.13. The van der Waals surface area contributed by atoms with Crippen LogP contribution in [0.4, 0.5) is 5.82 Å². The molecule has 0 aliphatic heterocycles. The van der Waals surface area contributed by atoms with Gasteiger partial charge in [-0.2, -0.15) is 5.10 Å². The van der Waals surface area contributed by atoms with Gasteiger partial charge in [0, 0.05) is 23.2 Å². The summed E-state index contributed by atoms with van der Waals surface area (Å²) in [6.45, 7) is 3.80. The van der Waals surface area contributed by atoms with Crippen molar-refractivity contribution in [3.05, 3.63) is 33.9 Å². The number of thiazole rings is 1. The summed E-state index contributed by atoms with van der Waals surface area (Å²) in [5, 5.41) is 12.2. The minimum atomic E-state index is -0.220. The normalized spacial score (nSPS) is 10.9. The maximum absolute atomic E-state index is 11.5. The van der Waals surface area contributed by atoms with Gasteiger partial charge in [0.1, 0.15) is 0 Å². The van der Waals surface area contributed by atoms with Crippen molar-refractivity contribution >= 4 is 29.1 Å². The molecule has 0 atom stereocenters. The summed E-state index contributed by atoms with van der Waals surface area (Å²) in [5.41, 5.74) is 1.69. The number of amides is 1. The van der Waals surface area contributed by atoms with Crippen LogP contribution in [0.1, 0.15) is 16.4 Å². The van der Waals surface area contributed by atoms with Crippen LogP contribution in [-0.2, 0) is 4.79 Å². The van der Waals surface area contributed by atoms with Crippen molar-refractivity contribution in [2.24, 2.45) is 0 Å². The minimum absolute atomic E-state index is 0.220. The standard InChI is InChI=1S/C11H12N4OS/c1-7-5-10(15-14-7)13-11(16)4-3-9-6-17-8(2)12-9/h3-6H,1-2H3,(H2,13,14,15,16)/b4-3+. The van der Waals surface area contributed by atoms with Gasteiger partial charge in [-0.3, -0.25) is 9.89 Å². The van der Waals surface area contributed by atoms with Gasteiger partial charge in [0.15, 0.2) is 5.82 Å². The third-order valence-corrected chi connectivity index (χ3v) is 2.79. The molecule has 2 aromatic heterocycles. The molecule has 0 aromatic carbocycles. The van der Waals surface area contributed by atoms with Crippen molar-refractivity contribution in [1.29, 1.82) is 0 Å². The Hall–Kier alpha value is -1.95. The molecule has 0 fully saturated rings. The van der Waals surface area contributed by atoms with Gasteiger partial charge in [0.05, 0.1) is 10.7 Å². The third-order valence-electron chi connectivity index (χ3n) is 2.00. The second kappa shape index (κ2) is 4.92. The maximum atomic E-state index is 11.5. The Labute approximate surface area is 103 Å². The quantitative estimate of drug-likeness (QED) is 0.817. The van der Waals surface area contributed by atoms with E-state index in [1.165, 1.54) is 6.08 Å². The number of carbonyl (C=O) groups excluding carboxylic acids is 1. The number of aromatic amines is 1. The van der Waals surface area contributed by atoms with Crippen molar-refractivity contribution in [3.8, 4) is 0 Å². The molecule has 88 valence electrons. The molecule has 2 aromatic rings. The summed E-state index contributed by atoms with van der Waals surface area (Å²) in [4.78, 5) is 15.7. The summed E-state index contributed by atoms with van der Waals surface area (Å²) in [7, 11) is 0. The van der Waals surface area contributed by atoms with Crippen molar-refractivity contribution in [2.45, 2.75) is 13.8 Å². The highest BCUT2D eigenvalue weighted by molar-refractivity contribution is 7.09. The zero-order valence-electron chi connectivity index (χ0n) is 9.52. The van der Waals surface area contributed by atoms with Gasteiger partial charge in [-0.05, 0) is 19.9 Å². The van der Waals surface area contributed by atoms with Crippen molar-refractivity contribution in [1.82, 2.24) is 15.2 Å². The molecule has 0 aliphatic rings. The molecule has 2 rings (SSSR count). The van der Waals surface area contributed by atoms with Gasteiger partial charge in [-0.15, -0.1) is 11.3 Å². The van der Waals surface area contributed by atoms with E-state index in [9.17, 15) is 4.79 Å². The Bertz CT molecular complexity index is 555. The number of rotatable bonds is 3. The van der Waals surface area contributed by atoms with E-state index < -0.39 is 0 Å². The van der Waals surface area contributed by atoms with E-state index >= 15 is 0 Å². The van der Waals surface area contributed by atoms with E-state index in [2.05, 4.69) is 20.5 Å². The summed E-state index contributed by atoms with van der Waals surface area (Å²) >= 11 is 1.55. The van der Waals surface area contributed by atoms with Gasteiger partial charge in [0.25, 0.3) is 0 Å². The molecule has 0 saturated carbocycles. The first kappa shape index (κ1) is 11.5. The maximum Gasteiger partial charge on any atom is 0.249 e. The van der Waals surface area contributed by atoms with Gasteiger partial charge < -0.3 is 5.32 Å². The smallest absolute Gasteiger partial charge is 0.249 e. The van der Waals surface area contributed by atoms with Crippen molar-refractivity contribution in [3.63, 3.8) is 0 Å². The highest BCUT2D eigenvalue weighted by atomic mass is 32.1. The fourth-order valence-corrected chi connectivity index (χ4v) is 1.85. The molecule has 0 radical (unpaired) electrons. The largest absolute Gasteiger partial charge is 0.306 e. The summed E-state index contributed by atoms with van der Waals surface area (Å²) in [6.07, 6.45) is 3.12. The average molecular weight is 248 g/mol. The van der Waals surface area contributed by atoms with E-state index in [-0.39, 0.29) is 5.91 Å². The fourth-order valence-electron chi connectivity index (χ4n) is 1.27. The van der Waals surface area contributed by atoms with E-state index in [0.29, 0.717) is 5.82 Å². The SMILES string of the molecule is Cc1cc(NC(=O)/C=C/c2csc(C)n2)n[nH]1. The van der Waals surface area contributed by atoms with Crippen LogP contribution in [0.5, 0.6) is 0 Å². The lowest BCUT2D eigenvalue weighted by Crippen LogP contribution is -2.07. The van der Waals surface area contributed by atoms with Gasteiger partial charge >= 0.3 is 0 Å². The lowest BCUT2D eigenvalue weighted by molar-refractivity contribution is -0.111. The van der Waals surface area contributed by atoms with Crippen LogP contribution in [0.25, 0.3) is 6.08 Å². The Morgan fingerprint density at radius 2 is 2.35 bits per heavy atom. The molecule has 0 aliphatic carbocycles. The van der Waals surface area contributed by atoms with Crippen molar-refractivity contribution < 1.29 is 4.79 Å². The number of hydrogen-bond donors (Lipinski definition) is 2. The molecule has 2 N–H and O–H groups in total. The zero-order valence-corrected chi connectivity index (χ0v) is 10.3. The number of anilines is 1. The van der Waals surface area contributed by atoms with Crippen LogP contribution in [0.3, 0.4) is 0 Å². The van der Waals surface area contributed by atoms with Gasteiger partial charge in [-0.25, -0.2) is 4.98 Å². The highest BCUT2D eigenvalue weighted by Crippen LogP contribution is 2.09. The number of H-pyrrole nitrogens is 1. The first-order valence-corrected chi connectivity index (χ1v) is 5.94. The number of aryl methyl sites for hydroxylation is 2. The second-order valence-corrected chi connectivity index (χ2v) is 4.61. The first-order valence-electron chi connectivity index (χ1n) is 5.07. The van der Waals surface area contributed by atoms with Gasteiger partial charge in [-0.1, -0.05) is 0 Å². The number of nitrogens with zero attached hydrogens (tertiary/aromatic N) is 2. The number of nitrogens with one attached hydrogen (secondary N) is 2. The van der Waals surface area contributed by atoms with E-state index in [4.69, 9.17) is 0 Å². The molecular formula is C11H12N4OS. The van der Waals surface area contributed by atoms with Crippen LogP contribution in [-0.4, -0.2) is 21.1 Å². The summed E-state index contributed by atoms with van der Waals surface area (Å²) in [6, 6.07) is 1.76. The zero-order chi connectivity index (χ0) is 12.3. The lowest BCUT2D eigenvalue weighted by atomic mass is 10.4. The average Bonchev–Trinajstić information content (AvgIpc) is 2.85. The predicted molar refractivity (Wildman–Crippen MR) is 67.8 cm³/mol. The van der Waals surface area contributed by atoms with Crippen LogP contribution in [0, 0.1) is 13.8 Å². The van der Waals surface area contributed by atoms with Crippen LogP contribution >= 0.6 is 11.3 Å². The molecule has 0 saturated heterocycles. The monoisotopic (exact) mass is 248 g/mol. The number of aromatic nitrogens is 3. The Balaban J connectivity index is 1.95. The molecule has 0 spiro atoms. The molecule has 6 heteroatoms. The fraction of sp³-hybridized carbons (Fsp3) is 0.182. The highest BCUT2D eigenvalue weighted by Gasteiger charge is 2.01. The molecule has 5 nitrogen and oxygen atoms in total. The number of hydrogen-bond acceptors (Lipinski definition) is 4. The van der Waals surface area contributed by atoms with Gasteiger partial charge in [0.2, 0.25) is 5.91 Å². The Kier molecular flexibility index (Phi) is 3.34. The molecule has 0 bridgehead atoms.